The van der Waals surface area contributed by atoms with Crippen LogP contribution >= 0.6 is 0 Å². The number of hydrogen-bond donors (Lipinski definition) is 2. The molecule has 3 aromatic carbocycles. The van der Waals surface area contributed by atoms with Crippen molar-refractivity contribution < 1.29 is 29.0 Å². The summed E-state index contributed by atoms with van der Waals surface area (Å²) in [5, 5.41) is 31.6. The molecule has 1 aliphatic heterocycles. The molecule has 61 heavy (non-hydrogen) atoms. The van der Waals surface area contributed by atoms with Crippen LogP contribution in [0.25, 0.3) is 17.1 Å². The molecular weight excluding hydrogens is 781 g/mol. The van der Waals surface area contributed by atoms with Crippen LogP contribution in [0, 0.1) is 11.3 Å². The number of likely N-dealkylation sites (tertiary alicyclic amines) is 1. The molecule has 2 atom stereocenters. The Morgan fingerprint density at radius 3 is 2.43 bits per heavy atom. The van der Waals surface area contributed by atoms with Crippen molar-refractivity contribution in [3.05, 3.63) is 94.6 Å². The number of piperidine rings is 1. The van der Waals surface area contributed by atoms with Gasteiger partial charge in [0.1, 0.15) is 17.4 Å². The lowest BCUT2D eigenvalue weighted by molar-refractivity contribution is -0.192. The number of aliphatic hydroxyl groups is 1. The molecule has 4 aliphatic rings. The molecule has 4 aromatic rings. The lowest BCUT2D eigenvalue weighted by Crippen LogP contribution is -2.52. The molecule has 2 N–H and O–H groups in total. The summed E-state index contributed by atoms with van der Waals surface area (Å²) in [6.07, 6.45) is 14.8. The Bertz CT molecular complexity index is 2230. The van der Waals surface area contributed by atoms with Crippen LogP contribution in [0.1, 0.15) is 125 Å². The third-order valence-electron chi connectivity index (χ3n) is 15.1. The van der Waals surface area contributed by atoms with Crippen LogP contribution in [0.3, 0.4) is 0 Å². The highest BCUT2D eigenvalue weighted by molar-refractivity contribution is 6.74. The van der Waals surface area contributed by atoms with Crippen LogP contribution < -0.4 is 0 Å². The zero-order valence-corrected chi connectivity index (χ0v) is 38.0. The largest absolute Gasteiger partial charge is 0.508 e. The topological polar surface area (TPSA) is 127 Å². The first-order chi connectivity index (χ1) is 29.1. The number of aromatic nitrogens is 3. The molecule has 2 heterocycles. The maximum absolute atomic E-state index is 13.6. The van der Waals surface area contributed by atoms with E-state index in [9.17, 15) is 19.8 Å². The molecule has 1 aromatic heterocycles. The fourth-order valence-corrected chi connectivity index (χ4v) is 11.6. The first kappa shape index (κ1) is 43.5. The number of hydrogen-bond acceptors (Lipinski definition) is 9. The molecule has 11 heteroatoms. The molecule has 0 bridgehead atoms. The van der Waals surface area contributed by atoms with E-state index in [0.717, 1.165) is 125 Å². The van der Waals surface area contributed by atoms with Crippen molar-refractivity contribution in [3.8, 4) is 5.75 Å². The van der Waals surface area contributed by atoms with Gasteiger partial charge in [-0.05, 0) is 154 Å². The second kappa shape index (κ2) is 17.5. The number of ketones is 1. The van der Waals surface area contributed by atoms with Gasteiger partial charge in [-0.15, -0.1) is 5.10 Å². The number of nitrogens with zero attached hydrogens (tertiary/aromatic N) is 4. The molecular formula is C50H66N4O6Si. The van der Waals surface area contributed by atoms with E-state index in [1.54, 1.807) is 12.1 Å². The highest BCUT2D eigenvalue weighted by Gasteiger charge is 2.52. The van der Waals surface area contributed by atoms with Crippen LogP contribution in [-0.4, -0.2) is 75.9 Å². The zero-order valence-electron chi connectivity index (χ0n) is 37.0. The lowest BCUT2D eigenvalue weighted by atomic mass is 9.61. The van der Waals surface area contributed by atoms with Crippen molar-refractivity contribution in [3.63, 3.8) is 0 Å². The van der Waals surface area contributed by atoms with Crippen LogP contribution in [0.2, 0.25) is 18.1 Å². The minimum absolute atomic E-state index is 0.00432. The maximum atomic E-state index is 13.6. The fourth-order valence-electron chi connectivity index (χ4n) is 10.3. The SMILES string of the molecule is CC(C)(C)[Si](C)(C)O[C@@H](CCCc1ccc2c(c1)nnn2CCCN1CCC2(CC1)CC(OC(=O)C(O)(c1ccccc1)C1CCCC1)C2)c1ccc(O)c2c1C=CC(=O)C2. The Balaban J connectivity index is 0.809. The number of fused-ring (bicyclic) bond motifs is 2. The van der Waals surface area contributed by atoms with Gasteiger partial charge >= 0.3 is 5.97 Å². The van der Waals surface area contributed by atoms with Gasteiger partial charge in [0.25, 0.3) is 0 Å². The number of aromatic hydroxyl groups is 1. The summed E-state index contributed by atoms with van der Waals surface area (Å²) in [6, 6.07) is 19.7. The van der Waals surface area contributed by atoms with E-state index < -0.39 is 19.9 Å². The van der Waals surface area contributed by atoms with Crippen LogP contribution in [0.4, 0.5) is 0 Å². The summed E-state index contributed by atoms with van der Waals surface area (Å²) < 4.78 is 15.2. The normalized spacial score (nSPS) is 20.1. The van der Waals surface area contributed by atoms with Gasteiger partial charge in [-0.3, -0.25) is 4.79 Å². The maximum Gasteiger partial charge on any atom is 0.343 e. The van der Waals surface area contributed by atoms with Gasteiger partial charge in [-0.1, -0.05) is 87.4 Å². The van der Waals surface area contributed by atoms with E-state index >= 15 is 0 Å². The molecule has 0 amide bonds. The molecule has 326 valence electrons. The van der Waals surface area contributed by atoms with E-state index in [-0.39, 0.29) is 46.5 Å². The first-order valence-electron chi connectivity index (χ1n) is 22.9. The van der Waals surface area contributed by atoms with Gasteiger partial charge in [0.15, 0.2) is 19.7 Å². The number of ether oxygens (including phenoxy) is 1. The van der Waals surface area contributed by atoms with Crippen molar-refractivity contribution >= 4 is 37.2 Å². The number of allylic oxidation sites excluding steroid dienone is 1. The summed E-state index contributed by atoms with van der Waals surface area (Å²) in [4.78, 5) is 28.4. The van der Waals surface area contributed by atoms with Gasteiger partial charge in [-0.2, -0.15) is 0 Å². The molecule has 10 nitrogen and oxygen atoms in total. The van der Waals surface area contributed by atoms with Crippen LogP contribution in [-0.2, 0) is 43.7 Å². The standard InChI is InChI=1S/C50H66N4O6Si/c1-48(2,3)61(4,5)60-46(41-22-24-45(56)42-32-38(55)20-21-40(41)42)18-11-13-35-19-23-44-43(31-35)51-52-54(44)28-12-27-53-29-25-49(26-30-53)33-39(34-49)59-47(57)50(58,37-16-9-10-17-37)36-14-7-6-8-15-36/h6-8,14-15,19-24,31,37,39,46,56,58H,9-13,16-18,25-30,32-34H2,1-5H3/t46-,50?/m0/s1. The number of rotatable bonds is 15. The Morgan fingerprint density at radius 1 is 0.967 bits per heavy atom. The number of phenols is 1. The predicted octanol–water partition coefficient (Wildman–Crippen LogP) is 9.62. The zero-order chi connectivity index (χ0) is 43.0. The minimum Gasteiger partial charge on any atom is -0.508 e. The number of esters is 1. The predicted molar refractivity (Wildman–Crippen MR) is 241 cm³/mol. The van der Waals surface area contributed by atoms with Gasteiger partial charge in [0.05, 0.1) is 11.6 Å². The second-order valence-corrected chi connectivity index (χ2v) is 24.9. The third-order valence-corrected chi connectivity index (χ3v) is 19.6. The fraction of sp³-hybridized carbons (Fsp3) is 0.560. The third kappa shape index (κ3) is 9.17. The van der Waals surface area contributed by atoms with Gasteiger partial charge < -0.3 is 24.3 Å². The number of benzene rings is 3. The van der Waals surface area contributed by atoms with Gasteiger partial charge in [0.2, 0.25) is 0 Å². The Hall–Kier alpha value is -4.16. The molecule has 1 spiro atoms. The smallest absolute Gasteiger partial charge is 0.343 e. The highest BCUT2D eigenvalue weighted by Crippen LogP contribution is 2.52. The summed E-state index contributed by atoms with van der Waals surface area (Å²) in [5.41, 5.74) is 5.19. The van der Waals surface area contributed by atoms with E-state index in [1.807, 2.05) is 47.2 Å². The molecule has 2 saturated carbocycles. The Labute approximate surface area is 362 Å². The Morgan fingerprint density at radius 2 is 1.70 bits per heavy atom. The quantitative estimate of drug-likeness (QED) is 0.0889. The molecule has 3 aliphatic carbocycles. The first-order valence-corrected chi connectivity index (χ1v) is 25.8. The van der Waals surface area contributed by atoms with Crippen molar-refractivity contribution in [1.29, 1.82) is 0 Å². The summed E-state index contributed by atoms with van der Waals surface area (Å²) in [7, 11) is -2.14. The molecule has 3 fully saturated rings. The molecule has 1 unspecified atom stereocenters. The minimum atomic E-state index is -2.14. The molecule has 0 radical (unpaired) electrons. The molecule has 1 saturated heterocycles. The number of carbonyl (C=O) groups excluding carboxylic acids is 2. The van der Waals surface area contributed by atoms with Crippen molar-refractivity contribution in [2.45, 2.75) is 147 Å². The van der Waals surface area contributed by atoms with Crippen molar-refractivity contribution in [1.82, 2.24) is 19.9 Å². The van der Waals surface area contributed by atoms with Gasteiger partial charge in [-0.25, -0.2) is 9.48 Å². The average molecular weight is 847 g/mol. The molecule has 8 rings (SSSR count). The van der Waals surface area contributed by atoms with E-state index in [2.05, 4.69) is 67.3 Å². The number of carbonyl (C=O) groups is 2. The monoisotopic (exact) mass is 846 g/mol. The number of phenolic OH excluding ortho intramolecular Hbond substituents is 1. The second-order valence-electron chi connectivity index (χ2n) is 20.2. The summed E-state index contributed by atoms with van der Waals surface area (Å²) in [6.45, 7) is 15.2. The van der Waals surface area contributed by atoms with Gasteiger partial charge in [0, 0.05) is 24.4 Å². The average Bonchev–Trinajstić information content (AvgIpc) is 3.92. The van der Waals surface area contributed by atoms with Crippen LogP contribution in [0.15, 0.2) is 66.7 Å². The number of aryl methyl sites for hydroxylation is 2. The van der Waals surface area contributed by atoms with Crippen molar-refractivity contribution in [2.24, 2.45) is 11.3 Å². The summed E-state index contributed by atoms with van der Waals surface area (Å²) >= 11 is 0. The summed E-state index contributed by atoms with van der Waals surface area (Å²) in [5.74, 6) is -0.375. The lowest BCUT2D eigenvalue weighted by Gasteiger charge is -2.52. The Kier molecular flexibility index (Phi) is 12.5. The van der Waals surface area contributed by atoms with E-state index in [1.165, 1.54) is 5.56 Å². The van der Waals surface area contributed by atoms with Crippen molar-refractivity contribution in [2.75, 3.05) is 19.6 Å². The van der Waals surface area contributed by atoms with Crippen LogP contribution in [0.5, 0.6) is 5.75 Å². The highest BCUT2D eigenvalue weighted by atomic mass is 28.4. The van der Waals surface area contributed by atoms with E-state index in [0.29, 0.717) is 11.1 Å². The van der Waals surface area contributed by atoms with E-state index in [4.69, 9.17) is 9.16 Å².